The Morgan fingerprint density at radius 3 is 2.76 bits per heavy atom. The summed E-state index contributed by atoms with van der Waals surface area (Å²) in [4.78, 5) is 12.7. The molecule has 90 valence electrons. The maximum Gasteiger partial charge on any atom is 0.134 e. The number of halogens is 1. The van der Waals surface area contributed by atoms with Gasteiger partial charge in [0.15, 0.2) is 0 Å². The lowest BCUT2D eigenvalue weighted by Gasteiger charge is -2.05. The van der Waals surface area contributed by atoms with Gasteiger partial charge in [0.2, 0.25) is 0 Å². The number of nitrogens with one attached hydrogen (secondary N) is 1. The van der Waals surface area contributed by atoms with Crippen molar-refractivity contribution in [1.82, 2.24) is 15.0 Å². The Morgan fingerprint density at radius 2 is 2.12 bits per heavy atom. The van der Waals surface area contributed by atoms with Crippen LogP contribution in [-0.4, -0.2) is 21.5 Å². The van der Waals surface area contributed by atoms with Gasteiger partial charge in [-0.2, -0.15) is 0 Å². The standard InChI is InChI=1S/C11H13ClN4S/c1-7-6-17-11(14-7)3-4-13-10-5-9(12)15-8(2)16-10/h5-6H,3-4H2,1-2H3,(H,13,15,16). The molecule has 6 heteroatoms. The summed E-state index contributed by atoms with van der Waals surface area (Å²) in [5.41, 5.74) is 1.07. The number of anilines is 1. The van der Waals surface area contributed by atoms with E-state index in [1.54, 1.807) is 17.4 Å². The Hall–Kier alpha value is -1.20. The van der Waals surface area contributed by atoms with E-state index in [9.17, 15) is 0 Å². The lowest BCUT2D eigenvalue weighted by atomic mass is 10.4. The highest BCUT2D eigenvalue weighted by Gasteiger charge is 2.01. The highest BCUT2D eigenvalue weighted by Crippen LogP contribution is 2.12. The predicted octanol–water partition coefficient (Wildman–Crippen LogP) is 2.86. The Bertz CT molecular complexity index is 492. The zero-order valence-corrected chi connectivity index (χ0v) is 11.3. The minimum Gasteiger partial charge on any atom is -0.369 e. The quantitative estimate of drug-likeness (QED) is 0.867. The highest BCUT2D eigenvalue weighted by molar-refractivity contribution is 7.09. The minimum atomic E-state index is 0.463. The number of aryl methyl sites for hydroxylation is 2. The van der Waals surface area contributed by atoms with Crippen LogP contribution in [0.3, 0.4) is 0 Å². The molecule has 0 saturated heterocycles. The van der Waals surface area contributed by atoms with Crippen molar-refractivity contribution in [3.05, 3.63) is 33.1 Å². The second kappa shape index (κ2) is 5.42. The van der Waals surface area contributed by atoms with Gasteiger partial charge in [0.05, 0.1) is 5.01 Å². The molecule has 0 amide bonds. The van der Waals surface area contributed by atoms with Crippen LogP contribution in [0, 0.1) is 13.8 Å². The summed E-state index contributed by atoms with van der Waals surface area (Å²) in [7, 11) is 0. The molecule has 0 bridgehead atoms. The summed E-state index contributed by atoms with van der Waals surface area (Å²) in [6.45, 7) is 4.61. The first-order valence-electron chi connectivity index (χ1n) is 5.29. The fourth-order valence-electron chi connectivity index (χ4n) is 1.44. The molecule has 0 aromatic carbocycles. The monoisotopic (exact) mass is 268 g/mol. The van der Waals surface area contributed by atoms with Crippen LogP contribution < -0.4 is 5.32 Å². The van der Waals surface area contributed by atoms with E-state index in [4.69, 9.17) is 11.6 Å². The largest absolute Gasteiger partial charge is 0.369 e. The van der Waals surface area contributed by atoms with E-state index in [0.29, 0.717) is 11.0 Å². The van der Waals surface area contributed by atoms with E-state index in [0.717, 1.165) is 29.5 Å². The molecule has 0 radical (unpaired) electrons. The van der Waals surface area contributed by atoms with Crippen LogP contribution in [0.25, 0.3) is 0 Å². The maximum absolute atomic E-state index is 5.85. The minimum absolute atomic E-state index is 0.463. The summed E-state index contributed by atoms with van der Waals surface area (Å²) in [6, 6.07) is 1.72. The van der Waals surface area contributed by atoms with Crippen LogP contribution >= 0.6 is 22.9 Å². The van der Waals surface area contributed by atoms with Crippen molar-refractivity contribution < 1.29 is 0 Å². The van der Waals surface area contributed by atoms with Gasteiger partial charge in [0.1, 0.15) is 16.8 Å². The van der Waals surface area contributed by atoms with E-state index in [-0.39, 0.29) is 0 Å². The molecule has 0 saturated carbocycles. The fourth-order valence-corrected chi connectivity index (χ4v) is 2.44. The molecule has 0 aliphatic heterocycles. The number of aromatic nitrogens is 3. The predicted molar refractivity (Wildman–Crippen MR) is 70.8 cm³/mol. The van der Waals surface area contributed by atoms with E-state index >= 15 is 0 Å². The first-order chi connectivity index (χ1) is 8.13. The average molecular weight is 269 g/mol. The number of thiazole rings is 1. The normalized spacial score (nSPS) is 10.5. The average Bonchev–Trinajstić information content (AvgIpc) is 2.63. The summed E-state index contributed by atoms with van der Waals surface area (Å²) in [5, 5.41) is 6.87. The summed E-state index contributed by atoms with van der Waals surface area (Å²) in [5.74, 6) is 1.43. The Kier molecular flexibility index (Phi) is 3.91. The van der Waals surface area contributed by atoms with Gasteiger partial charge >= 0.3 is 0 Å². The molecule has 2 heterocycles. The van der Waals surface area contributed by atoms with E-state index in [1.807, 2.05) is 13.8 Å². The van der Waals surface area contributed by atoms with Crippen LogP contribution in [0.4, 0.5) is 5.82 Å². The van der Waals surface area contributed by atoms with Crippen molar-refractivity contribution in [3.8, 4) is 0 Å². The molecule has 2 aromatic rings. The topological polar surface area (TPSA) is 50.7 Å². The molecular weight excluding hydrogens is 256 g/mol. The second-order valence-electron chi connectivity index (χ2n) is 3.68. The van der Waals surface area contributed by atoms with Gasteiger partial charge in [-0.3, -0.25) is 0 Å². The van der Waals surface area contributed by atoms with Gasteiger partial charge in [0, 0.05) is 30.1 Å². The molecule has 0 aliphatic carbocycles. The maximum atomic E-state index is 5.85. The molecule has 0 unspecified atom stereocenters. The molecule has 0 fully saturated rings. The molecule has 1 N–H and O–H groups in total. The van der Waals surface area contributed by atoms with Gasteiger partial charge in [-0.25, -0.2) is 15.0 Å². The molecule has 4 nitrogen and oxygen atoms in total. The SMILES string of the molecule is Cc1csc(CCNc2cc(Cl)nc(C)n2)n1. The van der Waals surface area contributed by atoms with Crippen molar-refractivity contribution in [1.29, 1.82) is 0 Å². The van der Waals surface area contributed by atoms with Crippen molar-refractivity contribution in [2.45, 2.75) is 20.3 Å². The third kappa shape index (κ3) is 3.64. The van der Waals surface area contributed by atoms with Crippen LogP contribution in [0.5, 0.6) is 0 Å². The third-order valence-corrected chi connectivity index (χ3v) is 3.34. The van der Waals surface area contributed by atoms with Crippen LogP contribution in [0.1, 0.15) is 16.5 Å². The van der Waals surface area contributed by atoms with Gasteiger partial charge in [-0.15, -0.1) is 11.3 Å². The van der Waals surface area contributed by atoms with Crippen molar-refractivity contribution >= 4 is 28.8 Å². The Labute approximate surface area is 109 Å². The van der Waals surface area contributed by atoms with Crippen LogP contribution in [0.15, 0.2) is 11.4 Å². The van der Waals surface area contributed by atoms with Crippen molar-refractivity contribution in [2.75, 3.05) is 11.9 Å². The molecule has 0 atom stereocenters. The van der Waals surface area contributed by atoms with Gasteiger partial charge < -0.3 is 5.32 Å². The third-order valence-electron chi connectivity index (χ3n) is 2.12. The lowest BCUT2D eigenvalue weighted by molar-refractivity contribution is 0.963. The molecule has 17 heavy (non-hydrogen) atoms. The first kappa shape index (κ1) is 12.3. The van der Waals surface area contributed by atoms with E-state index in [2.05, 4.69) is 25.6 Å². The van der Waals surface area contributed by atoms with Crippen molar-refractivity contribution in [3.63, 3.8) is 0 Å². The molecular formula is C11H13ClN4S. The molecule has 0 spiro atoms. The number of nitrogens with zero attached hydrogens (tertiary/aromatic N) is 3. The van der Waals surface area contributed by atoms with Gasteiger partial charge in [-0.05, 0) is 13.8 Å². The number of hydrogen-bond acceptors (Lipinski definition) is 5. The number of hydrogen-bond donors (Lipinski definition) is 1. The smallest absolute Gasteiger partial charge is 0.134 e. The summed E-state index contributed by atoms with van der Waals surface area (Å²) < 4.78 is 0. The second-order valence-corrected chi connectivity index (χ2v) is 5.01. The van der Waals surface area contributed by atoms with Crippen molar-refractivity contribution in [2.24, 2.45) is 0 Å². The van der Waals surface area contributed by atoms with Gasteiger partial charge in [0.25, 0.3) is 0 Å². The molecule has 2 aromatic heterocycles. The zero-order chi connectivity index (χ0) is 12.3. The highest BCUT2D eigenvalue weighted by atomic mass is 35.5. The summed E-state index contributed by atoms with van der Waals surface area (Å²) >= 11 is 7.53. The Morgan fingerprint density at radius 1 is 1.29 bits per heavy atom. The Balaban J connectivity index is 1.89. The zero-order valence-electron chi connectivity index (χ0n) is 9.70. The first-order valence-corrected chi connectivity index (χ1v) is 6.55. The summed E-state index contributed by atoms with van der Waals surface area (Å²) in [6.07, 6.45) is 0.888. The molecule has 2 rings (SSSR count). The van der Waals surface area contributed by atoms with Crippen LogP contribution in [0.2, 0.25) is 5.15 Å². The van der Waals surface area contributed by atoms with Crippen LogP contribution in [-0.2, 0) is 6.42 Å². The lowest BCUT2D eigenvalue weighted by Crippen LogP contribution is -2.07. The van der Waals surface area contributed by atoms with Gasteiger partial charge in [-0.1, -0.05) is 11.6 Å². The molecule has 0 aliphatic rings. The fraction of sp³-hybridized carbons (Fsp3) is 0.364. The van der Waals surface area contributed by atoms with E-state index in [1.165, 1.54) is 0 Å². The number of rotatable bonds is 4. The van der Waals surface area contributed by atoms with E-state index < -0.39 is 0 Å².